The maximum Gasteiger partial charge on any atom is 0.320 e. The number of carbonyl (C=O) groups is 1. The molecule has 2 N–H and O–H groups in total. The molecule has 1 aliphatic rings. The Bertz CT molecular complexity index is 437. The van der Waals surface area contributed by atoms with Gasteiger partial charge in [-0.3, -0.25) is 4.79 Å². The first-order chi connectivity index (χ1) is 8.06. The van der Waals surface area contributed by atoms with Crippen molar-refractivity contribution in [3.8, 4) is 0 Å². The van der Waals surface area contributed by atoms with Crippen LogP contribution < -0.4 is 5.32 Å². The summed E-state index contributed by atoms with van der Waals surface area (Å²) in [6, 6.07) is 5.15. The first-order valence-corrected chi connectivity index (χ1v) is 6.24. The minimum absolute atomic E-state index is 0.176. The van der Waals surface area contributed by atoms with E-state index in [0.717, 1.165) is 18.4 Å². The van der Waals surface area contributed by atoms with Crippen molar-refractivity contribution >= 4 is 29.2 Å². The standard InChI is InChI=1S/C12H13Cl2NO2/c13-8-2-1-7(10(14)6-8)5-9-3-4-11(15-9)12(16)17/h1-2,6,9,11,15H,3-5H2,(H,16,17). The van der Waals surface area contributed by atoms with Gasteiger partial charge in [0.25, 0.3) is 0 Å². The molecule has 2 unspecified atom stereocenters. The Morgan fingerprint density at radius 1 is 1.41 bits per heavy atom. The molecule has 0 spiro atoms. The number of rotatable bonds is 3. The number of benzene rings is 1. The van der Waals surface area contributed by atoms with Crippen LogP contribution >= 0.6 is 23.2 Å². The Morgan fingerprint density at radius 3 is 2.76 bits per heavy atom. The molecule has 1 saturated heterocycles. The molecule has 0 aromatic heterocycles. The second-order valence-electron chi connectivity index (χ2n) is 4.27. The van der Waals surface area contributed by atoms with Gasteiger partial charge >= 0.3 is 5.97 Å². The average Bonchev–Trinajstić information content (AvgIpc) is 2.71. The maximum atomic E-state index is 10.8. The van der Waals surface area contributed by atoms with Crippen LogP contribution in [-0.4, -0.2) is 23.2 Å². The van der Waals surface area contributed by atoms with Crippen LogP contribution in [0.15, 0.2) is 18.2 Å². The van der Waals surface area contributed by atoms with Gasteiger partial charge in [-0.2, -0.15) is 0 Å². The molecule has 3 nitrogen and oxygen atoms in total. The monoisotopic (exact) mass is 273 g/mol. The molecule has 1 heterocycles. The topological polar surface area (TPSA) is 49.3 Å². The smallest absolute Gasteiger partial charge is 0.320 e. The second-order valence-corrected chi connectivity index (χ2v) is 5.12. The molecule has 0 bridgehead atoms. The predicted octanol–water partition coefficient (Wildman–Crippen LogP) is 2.74. The Hall–Kier alpha value is -0.770. The number of hydrogen-bond acceptors (Lipinski definition) is 2. The lowest BCUT2D eigenvalue weighted by molar-refractivity contribution is -0.139. The van der Waals surface area contributed by atoms with Crippen molar-refractivity contribution in [3.05, 3.63) is 33.8 Å². The molecule has 1 aromatic carbocycles. The van der Waals surface area contributed by atoms with Crippen molar-refractivity contribution in [2.24, 2.45) is 0 Å². The van der Waals surface area contributed by atoms with Gasteiger partial charge in [0.2, 0.25) is 0 Å². The fourth-order valence-corrected chi connectivity index (χ4v) is 2.61. The van der Waals surface area contributed by atoms with Gasteiger partial charge in [0.15, 0.2) is 0 Å². The SMILES string of the molecule is O=C(O)C1CCC(Cc2ccc(Cl)cc2Cl)N1. The van der Waals surface area contributed by atoms with E-state index in [4.69, 9.17) is 28.3 Å². The van der Waals surface area contributed by atoms with Gasteiger partial charge in [-0.25, -0.2) is 0 Å². The highest BCUT2D eigenvalue weighted by molar-refractivity contribution is 6.35. The molecule has 0 radical (unpaired) electrons. The van der Waals surface area contributed by atoms with Crippen LogP contribution in [0, 0.1) is 0 Å². The van der Waals surface area contributed by atoms with Crippen molar-refractivity contribution < 1.29 is 9.90 Å². The summed E-state index contributed by atoms with van der Waals surface area (Å²) >= 11 is 11.9. The first-order valence-electron chi connectivity index (χ1n) is 5.49. The van der Waals surface area contributed by atoms with Gasteiger partial charge < -0.3 is 10.4 Å². The molecule has 1 aromatic rings. The summed E-state index contributed by atoms with van der Waals surface area (Å²) in [5, 5.41) is 13.2. The molecule has 92 valence electrons. The fraction of sp³-hybridized carbons (Fsp3) is 0.417. The van der Waals surface area contributed by atoms with E-state index < -0.39 is 12.0 Å². The number of carboxylic acids is 1. The fourth-order valence-electron chi connectivity index (χ4n) is 2.13. The summed E-state index contributed by atoms with van der Waals surface area (Å²) in [6.45, 7) is 0. The van der Waals surface area contributed by atoms with E-state index in [1.165, 1.54) is 0 Å². The quantitative estimate of drug-likeness (QED) is 0.891. The molecule has 2 rings (SSSR count). The second kappa shape index (κ2) is 5.25. The summed E-state index contributed by atoms with van der Waals surface area (Å²) in [5.41, 5.74) is 1.000. The van der Waals surface area contributed by atoms with Crippen molar-refractivity contribution in [1.82, 2.24) is 5.32 Å². The van der Waals surface area contributed by atoms with Crippen molar-refractivity contribution in [2.45, 2.75) is 31.3 Å². The summed E-state index contributed by atoms with van der Waals surface area (Å²) in [5.74, 6) is -0.783. The van der Waals surface area contributed by atoms with Crippen LogP contribution in [0.3, 0.4) is 0 Å². The van der Waals surface area contributed by atoms with Gasteiger partial charge in [-0.05, 0) is 37.0 Å². The predicted molar refractivity (Wildman–Crippen MR) is 67.7 cm³/mol. The Kier molecular flexibility index (Phi) is 3.92. The molecule has 17 heavy (non-hydrogen) atoms. The summed E-state index contributed by atoms with van der Waals surface area (Å²) < 4.78 is 0. The third kappa shape index (κ3) is 3.12. The molecule has 0 aliphatic carbocycles. The van der Waals surface area contributed by atoms with E-state index in [-0.39, 0.29) is 6.04 Å². The molecule has 5 heteroatoms. The highest BCUT2D eigenvalue weighted by Gasteiger charge is 2.28. The van der Waals surface area contributed by atoms with Gasteiger partial charge in [0.1, 0.15) is 6.04 Å². The Morgan fingerprint density at radius 2 is 2.18 bits per heavy atom. The molecule has 2 atom stereocenters. The van der Waals surface area contributed by atoms with Gasteiger partial charge in [-0.1, -0.05) is 29.3 Å². The number of aliphatic carboxylic acids is 1. The van der Waals surface area contributed by atoms with Crippen LogP contribution in [0.1, 0.15) is 18.4 Å². The van der Waals surface area contributed by atoms with Crippen LogP contribution in [0.2, 0.25) is 10.0 Å². The molecular weight excluding hydrogens is 261 g/mol. The highest BCUT2D eigenvalue weighted by atomic mass is 35.5. The third-order valence-corrected chi connectivity index (χ3v) is 3.61. The van der Waals surface area contributed by atoms with E-state index in [1.54, 1.807) is 12.1 Å². The lowest BCUT2D eigenvalue weighted by Gasteiger charge is -2.13. The lowest BCUT2D eigenvalue weighted by atomic mass is 10.0. The van der Waals surface area contributed by atoms with Gasteiger partial charge in [0.05, 0.1) is 0 Å². The number of hydrogen-bond donors (Lipinski definition) is 2. The third-order valence-electron chi connectivity index (χ3n) is 3.02. The zero-order valence-electron chi connectivity index (χ0n) is 9.12. The summed E-state index contributed by atoms with van der Waals surface area (Å²) in [4.78, 5) is 10.8. The van der Waals surface area contributed by atoms with E-state index in [1.807, 2.05) is 6.07 Å². The van der Waals surface area contributed by atoms with E-state index in [2.05, 4.69) is 5.32 Å². The van der Waals surface area contributed by atoms with Crippen molar-refractivity contribution in [3.63, 3.8) is 0 Å². The van der Waals surface area contributed by atoms with Crippen LogP contribution in [0.25, 0.3) is 0 Å². The molecular formula is C12H13Cl2NO2. The van der Waals surface area contributed by atoms with Crippen LogP contribution in [0.5, 0.6) is 0 Å². The van der Waals surface area contributed by atoms with Crippen molar-refractivity contribution in [2.75, 3.05) is 0 Å². The van der Waals surface area contributed by atoms with Gasteiger partial charge in [-0.15, -0.1) is 0 Å². The molecule has 1 fully saturated rings. The van der Waals surface area contributed by atoms with Crippen LogP contribution in [0.4, 0.5) is 0 Å². The molecule has 1 aliphatic heterocycles. The Balaban J connectivity index is 2.00. The molecule has 0 amide bonds. The zero-order chi connectivity index (χ0) is 12.4. The van der Waals surface area contributed by atoms with E-state index >= 15 is 0 Å². The lowest BCUT2D eigenvalue weighted by Crippen LogP contribution is -2.36. The minimum atomic E-state index is -0.783. The maximum absolute atomic E-state index is 10.8. The summed E-state index contributed by atoms with van der Waals surface area (Å²) in [7, 11) is 0. The number of nitrogens with one attached hydrogen (secondary N) is 1. The average molecular weight is 274 g/mol. The summed E-state index contributed by atoms with van der Waals surface area (Å²) in [6.07, 6.45) is 2.26. The molecule has 0 saturated carbocycles. The van der Waals surface area contributed by atoms with E-state index in [9.17, 15) is 4.79 Å². The number of carboxylic acid groups (broad SMARTS) is 1. The van der Waals surface area contributed by atoms with Crippen molar-refractivity contribution in [1.29, 1.82) is 0 Å². The normalized spacial score (nSPS) is 23.9. The zero-order valence-corrected chi connectivity index (χ0v) is 10.6. The van der Waals surface area contributed by atoms with Crippen LogP contribution in [-0.2, 0) is 11.2 Å². The Labute approximate surface area is 110 Å². The van der Waals surface area contributed by atoms with Gasteiger partial charge in [0, 0.05) is 16.1 Å². The number of halogens is 2. The largest absolute Gasteiger partial charge is 0.480 e. The highest BCUT2D eigenvalue weighted by Crippen LogP contribution is 2.24. The van der Waals surface area contributed by atoms with E-state index in [0.29, 0.717) is 16.5 Å². The minimum Gasteiger partial charge on any atom is -0.480 e. The first kappa shape index (κ1) is 12.7.